The second-order valence-corrected chi connectivity index (χ2v) is 6.34. The molecule has 3 rings (SSSR count). The van der Waals surface area contributed by atoms with Crippen molar-refractivity contribution in [2.75, 3.05) is 33.9 Å². The standard InChI is InChI=1S/C18H26N6O.HI/c1-14-20-8-9-24(14)17-16(5-4-7-21-17)11-22-18(19-2)23(3)12-15-6-10-25-13-15;/h4-5,7-9,15H,6,10-13H2,1-3H3,(H,19,22);1H. The van der Waals surface area contributed by atoms with Crippen LogP contribution < -0.4 is 5.32 Å². The van der Waals surface area contributed by atoms with E-state index in [-0.39, 0.29) is 24.0 Å². The molecule has 2 aromatic rings. The van der Waals surface area contributed by atoms with Crippen molar-refractivity contribution in [1.29, 1.82) is 0 Å². The maximum absolute atomic E-state index is 5.47. The molecule has 1 fully saturated rings. The summed E-state index contributed by atoms with van der Waals surface area (Å²) >= 11 is 0. The minimum absolute atomic E-state index is 0. The summed E-state index contributed by atoms with van der Waals surface area (Å²) in [6.45, 7) is 5.28. The van der Waals surface area contributed by atoms with Gasteiger partial charge in [-0.1, -0.05) is 6.07 Å². The number of guanidine groups is 1. The van der Waals surface area contributed by atoms with Crippen molar-refractivity contribution >= 4 is 29.9 Å². The van der Waals surface area contributed by atoms with Crippen LogP contribution in [0.4, 0.5) is 0 Å². The molecule has 1 saturated heterocycles. The van der Waals surface area contributed by atoms with Crippen LogP contribution in [0, 0.1) is 12.8 Å². The molecule has 1 aliphatic rings. The molecular weight excluding hydrogens is 443 g/mol. The number of aromatic nitrogens is 3. The molecule has 3 heterocycles. The second kappa shape index (κ2) is 9.86. The van der Waals surface area contributed by atoms with Crippen LogP contribution in [0.5, 0.6) is 0 Å². The van der Waals surface area contributed by atoms with Gasteiger partial charge in [0.15, 0.2) is 5.96 Å². The third-order valence-electron chi connectivity index (χ3n) is 4.49. The lowest BCUT2D eigenvalue weighted by atomic mass is 10.1. The molecule has 0 bridgehead atoms. The molecule has 0 aliphatic carbocycles. The van der Waals surface area contributed by atoms with Crippen molar-refractivity contribution in [3.8, 4) is 5.82 Å². The number of rotatable bonds is 5. The van der Waals surface area contributed by atoms with Crippen molar-refractivity contribution in [3.63, 3.8) is 0 Å². The highest BCUT2D eigenvalue weighted by Crippen LogP contribution is 2.15. The van der Waals surface area contributed by atoms with Crippen molar-refractivity contribution in [1.82, 2.24) is 24.8 Å². The van der Waals surface area contributed by atoms with E-state index in [0.29, 0.717) is 12.5 Å². The molecule has 1 N–H and O–H groups in total. The maximum atomic E-state index is 5.47. The summed E-state index contributed by atoms with van der Waals surface area (Å²) in [6, 6.07) is 4.03. The van der Waals surface area contributed by atoms with E-state index in [0.717, 1.165) is 49.3 Å². The molecule has 0 aromatic carbocycles. The number of ether oxygens (including phenoxy) is 1. The molecule has 0 amide bonds. The SMILES string of the molecule is CN=C(NCc1cccnc1-n1ccnc1C)N(C)CC1CCOC1.I. The second-order valence-electron chi connectivity index (χ2n) is 6.34. The zero-order valence-corrected chi connectivity index (χ0v) is 17.9. The first-order valence-electron chi connectivity index (χ1n) is 8.62. The van der Waals surface area contributed by atoms with Crippen molar-refractivity contribution in [2.45, 2.75) is 19.9 Å². The lowest BCUT2D eigenvalue weighted by Crippen LogP contribution is -2.41. The van der Waals surface area contributed by atoms with Crippen molar-refractivity contribution < 1.29 is 4.74 Å². The molecular formula is C18H27IN6O. The minimum atomic E-state index is 0. The van der Waals surface area contributed by atoms with E-state index < -0.39 is 0 Å². The topological polar surface area (TPSA) is 67.6 Å². The molecule has 26 heavy (non-hydrogen) atoms. The number of aryl methyl sites for hydroxylation is 1. The minimum Gasteiger partial charge on any atom is -0.381 e. The van der Waals surface area contributed by atoms with Gasteiger partial charge in [0.2, 0.25) is 0 Å². The first-order valence-corrected chi connectivity index (χ1v) is 8.62. The molecule has 0 saturated carbocycles. The van der Waals surface area contributed by atoms with Crippen LogP contribution in [0.15, 0.2) is 35.7 Å². The summed E-state index contributed by atoms with van der Waals surface area (Å²) in [7, 11) is 3.88. The van der Waals surface area contributed by atoms with E-state index in [4.69, 9.17) is 4.74 Å². The van der Waals surface area contributed by atoms with Gasteiger partial charge >= 0.3 is 0 Å². The first kappa shape index (κ1) is 20.6. The summed E-state index contributed by atoms with van der Waals surface area (Å²) in [6.07, 6.45) is 6.65. The number of hydrogen-bond acceptors (Lipinski definition) is 4. The highest BCUT2D eigenvalue weighted by molar-refractivity contribution is 14.0. The van der Waals surface area contributed by atoms with E-state index in [1.165, 1.54) is 0 Å². The Labute approximate surface area is 171 Å². The quantitative estimate of drug-likeness (QED) is 0.413. The van der Waals surface area contributed by atoms with Gasteiger partial charge in [0.25, 0.3) is 0 Å². The van der Waals surface area contributed by atoms with E-state index in [9.17, 15) is 0 Å². The van der Waals surface area contributed by atoms with Gasteiger partial charge in [-0.15, -0.1) is 24.0 Å². The Morgan fingerprint density at radius 3 is 2.92 bits per heavy atom. The van der Waals surface area contributed by atoms with Gasteiger partial charge in [-0.3, -0.25) is 9.56 Å². The maximum Gasteiger partial charge on any atom is 0.193 e. The summed E-state index contributed by atoms with van der Waals surface area (Å²) in [5, 5.41) is 3.44. The largest absolute Gasteiger partial charge is 0.381 e. The molecule has 1 atom stereocenters. The van der Waals surface area contributed by atoms with Gasteiger partial charge in [0.1, 0.15) is 11.6 Å². The lowest BCUT2D eigenvalue weighted by molar-refractivity contribution is 0.181. The van der Waals surface area contributed by atoms with Crippen molar-refractivity contribution in [2.24, 2.45) is 10.9 Å². The smallest absolute Gasteiger partial charge is 0.193 e. The lowest BCUT2D eigenvalue weighted by Gasteiger charge is -2.24. The van der Waals surface area contributed by atoms with E-state index >= 15 is 0 Å². The summed E-state index contributed by atoms with van der Waals surface area (Å²) in [5.74, 6) is 3.27. The number of hydrogen-bond donors (Lipinski definition) is 1. The number of nitrogens with zero attached hydrogens (tertiary/aromatic N) is 5. The highest BCUT2D eigenvalue weighted by Gasteiger charge is 2.19. The predicted molar refractivity (Wildman–Crippen MR) is 113 cm³/mol. The van der Waals surface area contributed by atoms with Gasteiger partial charge in [0.05, 0.1) is 6.61 Å². The number of aliphatic imine (C=N–C) groups is 1. The number of imidazole rings is 1. The van der Waals surface area contributed by atoms with Gasteiger partial charge in [-0.2, -0.15) is 0 Å². The Morgan fingerprint density at radius 1 is 1.42 bits per heavy atom. The zero-order chi connectivity index (χ0) is 17.6. The average molecular weight is 470 g/mol. The van der Waals surface area contributed by atoms with Gasteiger partial charge in [-0.25, -0.2) is 9.97 Å². The Balaban J connectivity index is 0.00000243. The zero-order valence-electron chi connectivity index (χ0n) is 15.6. The van der Waals surface area contributed by atoms with E-state index in [1.54, 1.807) is 12.4 Å². The van der Waals surface area contributed by atoms with Crippen LogP contribution >= 0.6 is 24.0 Å². The van der Waals surface area contributed by atoms with Crippen LogP contribution in [0.2, 0.25) is 0 Å². The predicted octanol–water partition coefficient (Wildman–Crippen LogP) is 2.24. The molecule has 1 unspecified atom stereocenters. The average Bonchev–Trinajstić information content (AvgIpc) is 3.27. The van der Waals surface area contributed by atoms with Crippen molar-refractivity contribution in [3.05, 3.63) is 42.1 Å². The summed E-state index contributed by atoms with van der Waals surface area (Å²) in [5.41, 5.74) is 1.10. The Kier molecular flexibility index (Phi) is 7.83. The highest BCUT2D eigenvalue weighted by atomic mass is 127. The fourth-order valence-corrected chi connectivity index (χ4v) is 3.15. The molecule has 0 spiro atoms. The third kappa shape index (κ3) is 4.94. The molecule has 1 aliphatic heterocycles. The van der Waals surface area contributed by atoms with E-state index in [2.05, 4.69) is 38.3 Å². The fourth-order valence-electron chi connectivity index (χ4n) is 3.15. The van der Waals surface area contributed by atoms with Gasteiger partial charge in [-0.05, 0) is 19.4 Å². The van der Waals surface area contributed by atoms with Crippen LogP contribution in [0.25, 0.3) is 5.82 Å². The molecule has 7 nitrogen and oxygen atoms in total. The van der Waals surface area contributed by atoms with Crippen LogP contribution in [0.3, 0.4) is 0 Å². The van der Waals surface area contributed by atoms with Crippen LogP contribution in [-0.4, -0.2) is 59.2 Å². The number of pyridine rings is 1. The summed E-state index contributed by atoms with van der Waals surface area (Å²) in [4.78, 5) is 15.4. The number of nitrogens with one attached hydrogen (secondary N) is 1. The molecule has 2 aromatic heterocycles. The molecule has 8 heteroatoms. The third-order valence-corrected chi connectivity index (χ3v) is 4.49. The van der Waals surface area contributed by atoms with Crippen LogP contribution in [0.1, 0.15) is 17.8 Å². The summed E-state index contributed by atoms with van der Waals surface area (Å²) < 4.78 is 7.46. The molecule has 0 radical (unpaired) electrons. The number of halogens is 1. The van der Waals surface area contributed by atoms with Gasteiger partial charge in [0, 0.05) is 63.9 Å². The normalized spacial score (nSPS) is 17.0. The van der Waals surface area contributed by atoms with Gasteiger partial charge < -0.3 is 15.0 Å². The monoisotopic (exact) mass is 470 g/mol. The first-order chi connectivity index (χ1) is 12.2. The Hall–Kier alpha value is -1.68. The Morgan fingerprint density at radius 2 is 2.27 bits per heavy atom. The Bertz CT molecular complexity index is 726. The molecule has 142 valence electrons. The van der Waals surface area contributed by atoms with E-state index in [1.807, 2.05) is 30.8 Å². The fraction of sp³-hybridized carbons (Fsp3) is 0.500. The van der Waals surface area contributed by atoms with Crippen LogP contribution in [-0.2, 0) is 11.3 Å².